The van der Waals surface area contributed by atoms with E-state index in [9.17, 15) is 0 Å². The Bertz CT molecular complexity index is 73.7. The van der Waals surface area contributed by atoms with Crippen LogP contribution in [0, 0.1) is 0 Å². The van der Waals surface area contributed by atoms with Crippen LogP contribution in [0.1, 0.15) is 0 Å². The number of hydrogen-bond donors (Lipinski definition) is 4. The molecule has 0 aliphatic carbocycles. The van der Waals surface area contributed by atoms with Crippen molar-refractivity contribution >= 4 is 101 Å². The summed E-state index contributed by atoms with van der Waals surface area (Å²) in [5.74, 6) is 0. The van der Waals surface area contributed by atoms with Crippen LogP contribution in [-0.2, 0) is 0 Å². The maximum atomic E-state index is 8.56. The summed E-state index contributed by atoms with van der Waals surface area (Å²) in [6.07, 6.45) is -3.67. The zero-order valence-corrected chi connectivity index (χ0v) is 3.61. The molecule has 0 saturated heterocycles. The number of carbonyl (C=O) groups is 2. The summed E-state index contributed by atoms with van der Waals surface area (Å²) in [7, 11) is 0. The van der Waals surface area contributed by atoms with Crippen LogP contribution in [-0.4, -0.2) is 122 Å². The molecule has 0 aliphatic heterocycles. The molecular weight excluding hydrogens is 199 g/mol. The quantitative estimate of drug-likeness (QED) is 0.373. The summed E-state index contributed by atoms with van der Waals surface area (Å²) in [4.78, 5) is 17.1. The zero-order valence-electron chi connectivity index (χ0n) is 3.61. The van der Waals surface area contributed by atoms with Gasteiger partial charge in [-0.05, 0) is 0 Å². The first kappa shape index (κ1) is 22.5. The Morgan fingerprint density at radius 1 is 0.800 bits per heavy atom. The van der Waals surface area contributed by atoms with Gasteiger partial charge in [0.2, 0.25) is 0 Å². The fourth-order valence-corrected chi connectivity index (χ4v) is 0. The Morgan fingerprint density at radius 2 is 0.800 bits per heavy atom. The molecule has 0 radical (unpaired) electrons. The molecule has 0 bridgehead atoms. The van der Waals surface area contributed by atoms with Gasteiger partial charge in [-0.1, -0.05) is 0 Å². The van der Waals surface area contributed by atoms with E-state index in [1.165, 1.54) is 0 Å². The molecule has 0 heterocycles. The van der Waals surface area contributed by atoms with Crippen molar-refractivity contribution in [2.45, 2.75) is 0 Å². The maximum absolute atomic E-state index is 8.56. The molecule has 6 nitrogen and oxygen atoms in total. The molecule has 0 saturated carbocycles. The van der Waals surface area contributed by atoms with Gasteiger partial charge in [0.15, 0.2) is 0 Å². The number of hydrogen-bond acceptors (Lipinski definition) is 2. The van der Waals surface area contributed by atoms with E-state index in [4.69, 9.17) is 30.0 Å². The van der Waals surface area contributed by atoms with E-state index in [1.807, 2.05) is 0 Å². The molecule has 0 aromatic heterocycles. The Hall–Kier alpha value is 1.44. The fraction of sp³-hybridized carbons (Fsp3) is 0. The Morgan fingerprint density at radius 3 is 0.800 bits per heavy atom. The van der Waals surface area contributed by atoms with Gasteiger partial charge < -0.3 is 20.4 Å². The van der Waals surface area contributed by atoms with E-state index < -0.39 is 12.3 Å². The second-order valence-electron chi connectivity index (χ2n) is 0.565. The van der Waals surface area contributed by atoms with Crippen molar-refractivity contribution in [1.29, 1.82) is 0 Å². The van der Waals surface area contributed by atoms with Gasteiger partial charge in [0.1, 0.15) is 0 Å². The van der Waals surface area contributed by atoms with Crippen molar-refractivity contribution in [2.75, 3.05) is 0 Å². The van der Waals surface area contributed by atoms with E-state index in [1.54, 1.807) is 0 Å². The molecule has 0 aliphatic rings. The molecule has 0 unspecified atom stereocenters. The van der Waals surface area contributed by atoms with Crippen LogP contribution < -0.4 is 0 Å². The molecular formula is C2H7CaKO6. The SMILES string of the molecule is O=C(O)O.O=C(O)O.[CaH2].[KH]. The van der Waals surface area contributed by atoms with Crippen LogP contribution in [0.3, 0.4) is 0 Å². The molecule has 0 fully saturated rings. The van der Waals surface area contributed by atoms with Crippen LogP contribution in [0.2, 0.25) is 0 Å². The van der Waals surface area contributed by atoms with E-state index in [-0.39, 0.29) is 89.1 Å². The Balaban J connectivity index is -0.0000000300. The van der Waals surface area contributed by atoms with Crippen LogP contribution in [0.25, 0.3) is 0 Å². The second-order valence-corrected chi connectivity index (χ2v) is 0.565. The van der Waals surface area contributed by atoms with E-state index >= 15 is 0 Å². The first-order valence-electron chi connectivity index (χ1n) is 1.30. The third kappa shape index (κ3) is 326. The van der Waals surface area contributed by atoms with Crippen molar-refractivity contribution in [1.82, 2.24) is 0 Å². The van der Waals surface area contributed by atoms with Crippen molar-refractivity contribution < 1.29 is 30.0 Å². The predicted molar refractivity (Wildman–Crippen MR) is 37.0 cm³/mol. The summed E-state index contributed by atoms with van der Waals surface area (Å²) in [6.45, 7) is 0. The molecule has 10 heavy (non-hydrogen) atoms. The van der Waals surface area contributed by atoms with Crippen LogP contribution in [0.15, 0.2) is 0 Å². The summed E-state index contributed by atoms with van der Waals surface area (Å²) >= 11 is 0. The summed E-state index contributed by atoms with van der Waals surface area (Å²) < 4.78 is 0. The first-order valence-corrected chi connectivity index (χ1v) is 1.30. The fourth-order valence-electron chi connectivity index (χ4n) is 0. The van der Waals surface area contributed by atoms with Gasteiger partial charge in [-0.2, -0.15) is 0 Å². The predicted octanol–water partition coefficient (Wildman–Crippen LogP) is -1.12. The molecule has 0 amide bonds. The van der Waals surface area contributed by atoms with Crippen molar-refractivity contribution in [3.8, 4) is 0 Å². The van der Waals surface area contributed by atoms with Gasteiger partial charge in [-0.15, -0.1) is 0 Å². The van der Waals surface area contributed by atoms with Crippen LogP contribution in [0.4, 0.5) is 9.59 Å². The van der Waals surface area contributed by atoms with Gasteiger partial charge in [-0.25, -0.2) is 9.59 Å². The van der Waals surface area contributed by atoms with E-state index in [2.05, 4.69) is 0 Å². The molecule has 8 heteroatoms. The molecule has 0 aromatic carbocycles. The van der Waals surface area contributed by atoms with E-state index in [0.29, 0.717) is 0 Å². The van der Waals surface area contributed by atoms with Crippen molar-refractivity contribution in [2.24, 2.45) is 0 Å². The van der Waals surface area contributed by atoms with Gasteiger partial charge >= 0.3 is 101 Å². The molecule has 0 rings (SSSR count). The molecule has 0 aromatic rings. The van der Waals surface area contributed by atoms with Crippen LogP contribution in [0.5, 0.6) is 0 Å². The molecule has 4 N–H and O–H groups in total. The van der Waals surface area contributed by atoms with Gasteiger partial charge in [0.25, 0.3) is 0 Å². The normalized spacial score (nSPS) is 4.80. The third-order valence-corrected chi connectivity index (χ3v) is 0. The summed E-state index contributed by atoms with van der Waals surface area (Å²) in [5.41, 5.74) is 0. The zero-order chi connectivity index (χ0) is 7.15. The van der Waals surface area contributed by atoms with Gasteiger partial charge in [0.05, 0.1) is 0 Å². The summed E-state index contributed by atoms with van der Waals surface area (Å²) in [5, 5.41) is 27.9. The number of carboxylic acid groups (broad SMARTS) is 4. The minimum atomic E-state index is -1.83. The summed E-state index contributed by atoms with van der Waals surface area (Å²) in [6, 6.07) is 0. The number of rotatable bonds is 0. The van der Waals surface area contributed by atoms with Crippen molar-refractivity contribution in [3.05, 3.63) is 0 Å². The van der Waals surface area contributed by atoms with Gasteiger partial charge in [-0.3, -0.25) is 0 Å². The minimum absolute atomic E-state index is 0. The van der Waals surface area contributed by atoms with Crippen molar-refractivity contribution in [3.63, 3.8) is 0 Å². The topological polar surface area (TPSA) is 115 Å². The molecule has 0 atom stereocenters. The Kier molecular flexibility index (Phi) is 37.9. The first-order chi connectivity index (χ1) is 3.46. The Labute approximate surface area is 129 Å². The third-order valence-electron chi connectivity index (χ3n) is 0. The second kappa shape index (κ2) is 16.8. The average molecular weight is 206 g/mol. The van der Waals surface area contributed by atoms with E-state index in [0.717, 1.165) is 0 Å². The monoisotopic (exact) mass is 206 g/mol. The van der Waals surface area contributed by atoms with Crippen LogP contribution >= 0.6 is 0 Å². The molecule has 54 valence electrons. The van der Waals surface area contributed by atoms with Gasteiger partial charge in [0, 0.05) is 0 Å². The standard InChI is InChI=1S/2CH2O3.Ca.K.3H/c2*2-1(3)4;;;;;/h2*(H2,2,3,4);;;;;. The average Bonchev–Trinajstić information content (AvgIpc) is 1.25. The molecule has 0 spiro atoms.